The first-order valence-corrected chi connectivity index (χ1v) is 6.22. The van der Waals surface area contributed by atoms with Crippen LogP contribution in [0.15, 0.2) is 29.3 Å². The first kappa shape index (κ1) is 13.3. The van der Waals surface area contributed by atoms with Gasteiger partial charge in [-0.3, -0.25) is 14.6 Å². The zero-order valence-electron chi connectivity index (χ0n) is 10.8. The fourth-order valence-corrected chi connectivity index (χ4v) is 1.76. The van der Waals surface area contributed by atoms with Crippen LogP contribution in [-0.2, 0) is 14.3 Å². The van der Waals surface area contributed by atoms with Gasteiger partial charge in [0.2, 0.25) is 11.8 Å². The smallest absolute Gasteiger partial charge is 0.231 e. The van der Waals surface area contributed by atoms with Crippen LogP contribution in [0.4, 0.5) is 5.69 Å². The second-order valence-electron chi connectivity index (χ2n) is 4.39. The molecule has 1 N–H and O–H groups in total. The van der Waals surface area contributed by atoms with E-state index in [4.69, 9.17) is 4.74 Å². The first-order chi connectivity index (χ1) is 9.15. The summed E-state index contributed by atoms with van der Waals surface area (Å²) < 4.78 is 5.46. The summed E-state index contributed by atoms with van der Waals surface area (Å²) in [7, 11) is 0. The van der Waals surface area contributed by atoms with Gasteiger partial charge in [-0.05, 0) is 31.2 Å². The summed E-state index contributed by atoms with van der Waals surface area (Å²) in [6, 6.07) is 7.22. The molecule has 0 bridgehead atoms. The maximum absolute atomic E-state index is 11.4. The van der Waals surface area contributed by atoms with E-state index in [1.807, 2.05) is 12.1 Å². The molecule has 1 aromatic carbocycles. The van der Waals surface area contributed by atoms with E-state index in [9.17, 15) is 9.59 Å². The summed E-state index contributed by atoms with van der Waals surface area (Å²) in [5, 5.41) is 2.66. The van der Waals surface area contributed by atoms with Crippen molar-refractivity contribution in [2.75, 3.05) is 18.5 Å². The minimum Gasteiger partial charge on any atom is -0.477 e. The monoisotopic (exact) mass is 260 g/mol. The largest absolute Gasteiger partial charge is 0.477 e. The highest BCUT2D eigenvalue weighted by molar-refractivity contribution is 6.03. The quantitative estimate of drug-likeness (QED) is 0.839. The Kier molecular flexibility index (Phi) is 4.28. The topological polar surface area (TPSA) is 67.8 Å². The van der Waals surface area contributed by atoms with Crippen LogP contribution in [0.5, 0.6) is 0 Å². The molecule has 0 radical (unpaired) electrons. The lowest BCUT2D eigenvalue weighted by Gasteiger charge is -2.14. The zero-order chi connectivity index (χ0) is 13.7. The molecule has 0 saturated heterocycles. The standard InChI is InChI=1S/C14H16N2O3/c1-10(17)9-13(18)16-12-5-3-11(4-6-12)14-15-7-2-8-19-14/h3-6H,2,7-9H2,1H3,(H,16,18). The highest BCUT2D eigenvalue weighted by Crippen LogP contribution is 2.13. The van der Waals surface area contributed by atoms with Crippen molar-refractivity contribution in [1.29, 1.82) is 0 Å². The molecular formula is C14H16N2O3. The Labute approximate surface area is 111 Å². The fraction of sp³-hybridized carbons (Fsp3) is 0.357. The summed E-state index contributed by atoms with van der Waals surface area (Å²) >= 11 is 0. The van der Waals surface area contributed by atoms with Gasteiger partial charge in [-0.15, -0.1) is 0 Å². The van der Waals surface area contributed by atoms with Crippen LogP contribution >= 0.6 is 0 Å². The van der Waals surface area contributed by atoms with E-state index in [1.54, 1.807) is 12.1 Å². The minimum atomic E-state index is -0.300. The van der Waals surface area contributed by atoms with Crippen LogP contribution in [0.3, 0.4) is 0 Å². The van der Waals surface area contributed by atoms with Crippen LogP contribution in [0.2, 0.25) is 0 Å². The maximum Gasteiger partial charge on any atom is 0.231 e. The number of nitrogens with zero attached hydrogens (tertiary/aromatic N) is 1. The summed E-state index contributed by atoms with van der Waals surface area (Å²) in [6.45, 7) is 2.86. The number of carbonyl (C=O) groups is 2. The van der Waals surface area contributed by atoms with E-state index in [2.05, 4.69) is 10.3 Å². The highest BCUT2D eigenvalue weighted by atomic mass is 16.5. The number of benzene rings is 1. The molecule has 0 aromatic heterocycles. The van der Waals surface area contributed by atoms with Gasteiger partial charge in [0.05, 0.1) is 13.0 Å². The average molecular weight is 260 g/mol. The van der Waals surface area contributed by atoms with Gasteiger partial charge in [-0.1, -0.05) is 0 Å². The number of ketones is 1. The Hall–Kier alpha value is -2.17. The Morgan fingerprint density at radius 1 is 1.32 bits per heavy atom. The van der Waals surface area contributed by atoms with Crippen LogP contribution < -0.4 is 5.32 Å². The SMILES string of the molecule is CC(=O)CC(=O)Nc1ccc(C2=NCCCO2)cc1. The van der Waals surface area contributed by atoms with Gasteiger partial charge in [-0.25, -0.2) is 0 Å². The minimum absolute atomic E-state index is 0.0996. The number of ether oxygens (including phenoxy) is 1. The van der Waals surface area contributed by atoms with Crippen molar-refractivity contribution in [1.82, 2.24) is 0 Å². The third-order valence-electron chi connectivity index (χ3n) is 2.62. The maximum atomic E-state index is 11.4. The van der Waals surface area contributed by atoms with Crippen molar-refractivity contribution in [2.24, 2.45) is 4.99 Å². The van der Waals surface area contributed by atoms with E-state index in [-0.39, 0.29) is 18.1 Å². The number of hydrogen-bond acceptors (Lipinski definition) is 4. The number of rotatable bonds is 4. The second kappa shape index (κ2) is 6.13. The molecule has 0 spiro atoms. The van der Waals surface area contributed by atoms with E-state index in [0.717, 1.165) is 18.5 Å². The molecule has 1 aliphatic rings. The predicted octanol–water partition coefficient (Wildman–Crippen LogP) is 1.77. The van der Waals surface area contributed by atoms with Crippen molar-refractivity contribution in [3.63, 3.8) is 0 Å². The van der Waals surface area contributed by atoms with Crippen molar-refractivity contribution < 1.29 is 14.3 Å². The molecule has 100 valence electrons. The van der Waals surface area contributed by atoms with Gasteiger partial charge >= 0.3 is 0 Å². The van der Waals surface area contributed by atoms with Gasteiger partial charge in [0.25, 0.3) is 0 Å². The number of amides is 1. The number of nitrogens with one attached hydrogen (secondary N) is 1. The van der Waals surface area contributed by atoms with E-state index in [1.165, 1.54) is 6.92 Å². The lowest BCUT2D eigenvalue weighted by molar-refractivity contribution is -0.124. The van der Waals surface area contributed by atoms with Gasteiger partial charge in [0.15, 0.2) is 0 Å². The Morgan fingerprint density at radius 3 is 2.63 bits per heavy atom. The van der Waals surface area contributed by atoms with E-state index >= 15 is 0 Å². The molecule has 1 aliphatic heterocycles. The van der Waals surface area contributed by atoms with Gasteiger partial charge in [0.1, 0.15) is 5.78 Å². The lowest BCUT2D eigenvalue weighted by Crippen LogP contribution is -2.16. The molecule has 0 atom stereocenters. The van der Waals surface area contributed by atoms with Gasteiger partial charge in [-0.2, -0.15) is 0 Å². The lowest BCUT2D eigenvalue weighted by atomic mass is 10.2. The summed E-state index contributed by atoms with van der Waals surface area (Å²) in [6.07, 6.45) is 0.847. The van der Waals surface area contributed by atoms with Crippen molar-refractivity contribution >= 4 is 23.3 Å². The summed E-state index contributed by atoms with van der Waals surface area (Å²) in [4.78, 5) is 26.5. The average Bonchev–Trinajstić information content (AvgIpc) is 2.39. The molecule has 0 saturated carbocycles. The molecule has 5 heteroatoms. The van der Waals surface area contributed by atoms with Crippen LogP contribution in [0.1, 0.15) is 25.3 Å². The normalized spacial score (nSPS) is 14.3. The van der Waals surface area contributed by atoms with Crippen molar-refractivity contribution in [3.05, 3.63) is 29.8 Å². The molecule has 0 unspecified atom stereocenters. The number of hydrogen-bond donors (Lipinski definition) is 1. The predicted molar refractivity (Wildman–Crippen MR) is 72.3 cm³/mol. The Balaban J connectivity index is 2.00. The van der Waals surface area contributed by atoms with Crippen molar-refractivity contribution in [2.45, 2.75) is 19.8 Å². The third-order valence-corrected chi connectivity index (χ3v) is 2.62. The van der Waals surface area contributed by atoms with E-state index < -0.39 is 0 Å². The molecule has 1 heterocycles. The number of aliphatic imine (C=N–C) groups is 1. The molecule has 1 amide bonds. The molecule has 1 aromatic rings. The molecule has 19 heavy (non-hydrogen) atoms. The molecule has 0 fully saturated rings. The summed E-state index contributed by atoms with van der Waals surface area (Å²) in [5.74, 6) is 0.193. The van der Waals surface area contributed by atoms with Crippen LogP contribution in [-0.4, -0.2) is 30.7 Å². The van der Waals surface area contributed by atoms with Gasteiger partial charge < -0.3 is 10.1 Å². The third kappa shape index (κ3) is 3.91. The molecule has 2 rings (SSSR count). The number of Topliss-reactive ketones (excluding diaryl/α,β-unsaturated/α-hetero) is 1. The highest BCUT2D eigenvalue weighted by Gasteiger charge is 2.10. The molecular weight excluding hydrogens is 244 g/mol. The summed E-state index contributed by atoms with van der Waals surface area (Å²) in [5.41, 5.74) is 1.55. The second-order valence-corrected chi connectivity index (χ2v) is 4.39. The first-order valence-electron chi connectivity index (χ1n) is 6.22. The van der Waals surface area contributed by atoms with Crippen molar-refractivity contribution in [3.8, 4) is 0 Å². The van der Waals surface area contributed by atoms with Crippen LogP contribution in [0.25, 0.3) is 0 Å². The zero-order valence-corrected chi connectivity index (χ0v) is 10.8. The van der Waals surface area contributed by atoms with Crippen LogP contribution in [0, 0.1) is 0 Å². The Morgan fingerprint density at radius 2 is 2.05 bits per heavy atom. The Bertz CT molecular complexity index is 506. The molecule has 5 nitrogen and oxygen atoms in total. The number of carbonyl (C=O) groups excluding carboxylic acids is 2. The van der Waals surface area contributed by atoms with Gasteiger partial charge in [0, 0.05) is 24.2 Å². The fourth-order valence-electron chi connectivity index (χ4n) is 1.76. The number of anilines is 1. The molecule has 0 aliphatic carbocycles. The van der Waals surface area contributed by atoms with E-state index in [0.29, 0.717) is 18.2 Å².